The van der Waals surface area contributed by atoms with Crippen molar-refractivity contribution in [3.8, 4) is 0 Å². The van der Waals surface area contributed by atoms with Crippen molar-refractivity contribution in [2.24, 2.45) is 0 Å². The van der Waals surface area contributed by atoms with Crippen molar-refractivity contribution in [2.45, 2.75) is 36.1 Å². The Morgan fingerprint density at radius 2 is 2.11 bits per heavy atom. The molecule has 1 spiro atoms. The number of nitrogens with one attached hydrogen (secondary N) is 1. The minimum absolute atomic E-state index is 0.410. The summed E-state index contributed by atoms with van der Waals surface area (Å²) in [5, 5.41) is 3.78. The predicted molar refractivity (Wildman–Crippen MR) is 79.6 cm³/mol. The molecule has 0 atom stereocenters. The summed E-state index contributed by atoms with van der Waals surface area (Å²) in [6.45, 7) is 3.45. The number of nitrogens with zero attached hydrogens (tertiary/aromatic N) is 1. The van der Waals surface area contributed by atoms with E-state index in [-0.39, 0.29) is 0 Å². The van der Waals surface area contributed by atoms with E-state index in [0.717, 1.165) is 13.1 Å². The molecule has 0 bridgehead atoms. The van der Waals surface area contributed by atoms with Gasteiger partial charge in [-0.1, -0.05) is 18.9 Å². The summed E-state index contributed by atoms with van der Waals surface area (Å²) in [6.07, 6.45) is 7.64. The van der Waals surface area contributed by atoms with Crippen molar-refractivity contribution in [2.75, 3.05) is 30.8 Å². The third-order valence-electron chi connectivity index (χ3n) is 4.35. The van der Waals surface area contributed by atoms with Gasteiger partial charge in [-0.2, -0.15) is 0 Å². The number of anilines is 1. The lowest BCUT2D eigenvalue weighted by Crippen LogP contribution is -2.59. The maximum atomic E-state index is 3.78. The van der Waals surface area contributed by atoms with Crippen molar-refractivity contribution in [1.82, 2.24) is 5.32 Å². The van der Waals surface area contributed by atoms with Gasteiger partial charge < -0.3 is 10.2 Å². The van der Waals surface area contributed by atoms with E-state index in [4.69, 9.17) is 0 Å². The first-order valence-electron chi connectivity index (χ1n) is 6.95. The Labute approximate surface area is 114 Å². The molecule has 2 fully saturated rings. The quantitative estimate of drug-likeness (QED) is 0.824. The minimum atomic E-state index is 0.410. The molecule has 2 nitrogen and oxygen atoms in total. The van der Waals surface area contributed by atoms with Crippen LogP contribution < -0.4 is 10.2 Å². The Morgan fingerprint density at radius 1 is 1.28 bits per heavy atom. The molecule has 1 saturated heterocycles. The van der Waals surface area contributed by atoms with Crippen LogP contribution in [0.5, 0.6) is 0 Å². The molecule has 2 aliphatic rings. The van der Waals surface area contributed by atoms with Crippen LogP contribution in [0.15, 0.2) is 29.2 Å². The lowest BCUT2D eigenvalue weighted by molar-refractivity contribution is 0.304. The maximum Gasteiger partial charge on any atom is 0.0378 e. The Kier molecular flexibility index (Phi) is 3.53. The Bertz CT molecular complexity index is 413. The summed E-state index contributed by atoms with van der Waals surface area (Å²) < 4.78 is 0. The molecule has 3 heteroatoms. The molecule has 1 heterocycles. The third kappa shape index (κ3) is 2.39. The van der Waals surface area contributed by atoms with E-state index in [1.54, 1.807) is 0 Å². The first-order chi connectivity index (χ1) is 8.81. The number of hydrogen-bond donors (Lipinski definition) is 1. The molecule has 3 rings (SSSR count). The van der Waals surface area contributed by atoms with Gasteiger partial charge in [0.1, 0.15) is 0 Å². The highest BCUT2D eigenvalue weighted by Crippen LogP contribution is 2.34. The van der Waals surface area contributed by atoms with Crippen molar-refractivity contribution in [3.05, 3.63) is 24.3 Å². The second kappa shape index (κ2) is 5.14. The Hall–Kier alpha value is -0.670. The molecule has 18 heavy (non-hydrogen) atoms. The van der Waals surface area contributed by atoms with Crippen LogP contribution in [0, 0.1) is 0 Å². The fraction of sp³-hybridized carbons (Fsp3) is 0.600. The van der Waals surface area contributed by atoms with E-state index >= 15 is 0 Å². The van der Waals surface area contributed by atoms with Gasteiger partial charge in [0.25, 0.3) is 0 Å². The summed E-state index contributed by atoms with van der Waals surface area (Å²) in [5.74, 6) is 0. The van der Waals surface area contributed by atoms with Gasteiger partial charge in [0.15, 0.2) is 0 Å². The van der Waals surface area contributed by atoms with Gasteiger partial charge in [-0.15, -0.1) is 11.8 Å². The fourth-order valence-corrected chi connectivity index (χ4v) is 3.82. The van der Waals surface area contributed by atoms with Crippen molar-refractivity contribution < 1.29 is 0 Å². The summed E-state index contributed by atoms with van der Waals surface area (Å²) in [6, 6.07) is 8.97. The second-order valence-corrected chi connectivity index (χ2v) is 6.42. The molecule has 1 aromatic rings. The Morgan fingerprint density at radius 3 is 2.89 bits per heavy atom. The third-order valence-corrected chi connectivity index (χ3v) is 5.08. The van der Waals surface area contributed by atoms with Crippen LogP contribution in [0.3, 0.4) is 0 Å². The summed E-state index contributed by atoms with van der Waals surface area (Å²) in [5.41, 5.74) is 1.81. The smallest absolute Gasteiger partial charge is 0.0378 e. The molecule has 1 aromatic carbocycles. The monoisotopic (exact) mass is 262 g/mol. The van der Waals surface area contributed by atoms with E-state index in [1.165, 1.54) is 42.8 Å². The topological polar surface area (TPSA) is 15.3 Å². The first-order valence-corrected chi connectivity index (χ1v) is 8.18. The number of rotatable bonds is 2. The molecule has 1 saturated carbocycles. The molecule has 0 unspecified atom stereocenters. The van der Waals surface area contributed by atoms with Crippen molar-refractivity contribution >= 4 is 17.4 Å². The van der Waals surface area contributed by atoms with Crippen molar-refractivity contribution in [1.29, 1.82) is 0 Å². The average Bonchev–Trinajstić information content (AvgIpc) is 2.87. The van der Waals surface area contributed by atoms with Gasteiger partial charge in [0.2, 0.25) is 0 Å². The predicted octanol–water partition coefficient (Wildman–Crippen LogP) is 3.13. The highest BCUT2D eigenvalue weighted by molar-refractivity contribution is 7.98. The standard InChI is InChI=1S/C15H22N2S/c1-18-14-6-4-5-13(11-14)17-10-9-16-15(12-17)7-2-3-8-15/h4-6,11,16H,2-3,7-10,12H2,1H3. The molecule has 0 amide bonds. The first kappa shape index (κ1) is 12.4. The maximum absolute atomic E-state index is 3.78. The highest BCUT2D eigenvalue weighted by Gasteiger charge is 2.37. The van der Waals surface area contributed by atoms with Crippen LogP contribution in [-0.4, -0.2) is 31.4 Å². The average molecular weight is 262 g/mol. The van der Waals surface area contributed by atoms with E-state index < -0.39 is 0 Å². The van der Waals surface area contributed by atoms with Crippen LogP contribution in [-0.2, 0) is 0 Å². The van der Waals surface area contributed by atoms with Crippen LogP contribution in [0.2, 0.25) is 0 Å². The lowest BCUT2D eigenvalue weighted by atomic mass is 9.94. The van der Waals surface area contributed by atoms with Gasteiger partial charge in [0.05, 0.1) is 0 Å². The lowest BCUT2D eigenvalue weighted by Gasteiger charge is -2.42. The Balaban J connectivity index is 1.78. The van der Waals surface area contributed by atoms with Gasteiger partial charge in [-0.25, -0.2) is 0 Å². The van der Waals surface area contributed by atoms with Gasteiger partial charge in [0, 0.05) is 35.8 Å². The molecule has 0 aromatic heterocycles. The van der Waals surface area contributed by atoms with Gasteiger partial charge in [-0.3, -0.25) is 0 Å². The largest absolute Gasteiger partial charge is 0.368 e. The summed E-state index contributed by atoms with van der Waals surface area (Å²) in [4.78, 5) is 3.94. The normalized spacial score (nSPS) is 22.6. The molecular formula is C15H22N2S. The summed E-state index contributed by atoms with van der Waals surface area (Å²) >= 11 is 1.83. The number of piperazine rings is 1. The SMILES string of the molecule is CSc1cccc(N2CCNC3(CCCC3)C2)c1. The zero-order valence-corrected chi connectivity index (χ0v) is 11.9. The van der Waals surface area contributed by atoms with Gasteiger partial charge in [-0.05, 0) is 37.3 Å². The molecule has 1 aliphatic carbocycles. The van der Waals surface area contributed by atoms with E-state index in [9.17, 15) is 0 Å². The van der Waals surface area contributed by atoms with Gasteiger partial charge >= 0.3 is 0 Å². The van der Waals surface area contributed by atoms with Crippen molar-refractivity contribution in [3.63, 3.8) is 0 Å². The molecule has 98 valence electrons. The number of benzene rings is 1. The summed E-state index contributed by atoms with van der Waals surface area (Å²) in [7, 11) is 0. The fourth-order valence-electron chi connectivity index (χ4n) is 3.37. The highest BCUT2D eigenvalue weighted by atomic mass is 32.2. The van der Waals surface area contributed by atoms with Crippen LogP contribution >= 0.6 is 11.8 Å². The molecule has 0 radical (unpaired) electrons. The second-order valence-electron chi connectivity index (χ2n) is 5.54. The zero-order valence-electron chi connectivity index (χ0n) is 11.1. The molecule has 1 aliphatic heterocycles. The minimum Gasteiger partial charge on any atom is -0.368 e. The van der Waals surface area contributed by atoms with E-state index in [2.05, 4.69) is 40.7 Å². The number of thioether (sulfide) groups is 1. The zero-order chi connectivity index (χ0) is 12.4. The van der Waals surface area contributed by atoms with E-state index in [1.807, 2.05) is 11.8 Å². The van der Waals surface area contributed by atoms with Crippen LogP contribution in [0.4, 0.5) is 5.69 Å². The van der Waals surface area contributed by atoms with Crippen LogP contribution in [0.25, 0.3) is 0 Å². The molecule has 1 N–H and O–H groups in total. The number of hydrogen-bond acceptors (Lipinski definition) is 3. The molecular weight excluding hydrogens is 240 g/mol. The van der Waals surface area contributed by atoms with E-state index in [0.29, 0.717) is 5.54 Å². The van der Waals surface area contributed by atoms with Crippen LogP contribution in [0.1, 0.15) is 25.7 Å².